The van der Waals surface area contributed by atoms with Crippen LogP contribution in [0.2, 0.25) is 0 Å². The third-order valence-electron chi connectivity index (χ3n) is 3.87. The van der Waals surface area contributed by atoms with Crippen LogP contribution >= 0.6 is 27.5 Å². The molecule has 106 valence electrons. The second-order valence-corrected chi connectivity index (χ2v) is 6.61. The molecule has 0 aliphatic carbocycles. The van der Waals surface area contributed by atoms with Gasteiger partial charge in [0.2, 0.25) is 0 Å². The Morgan fingerprint density at radius 3 is 2.30 bits per heavy atom. The maximum atomic E-state index is 6.82. The van der Waals surface area contributed by atoms with Gasteiger partial charge in [-0.05, 0) is 48.6 Å². The third kappa shape index (κ3) is 3.27. The molecule has 0 saturated heterocycles. The quantitative estimate of drug-likeness (QED) is 0.549. The zero-order valence-electron chi connectivity index (χ0n) is 12.2. The van der Waals surface area contributed by atoms with Gasteiger partial charge in [-0.1, -0.05) is 59.3 Å². The summed E-state index contributed by atoms with van der Waals surface area (Å²) in [4.78, 5) is 0. The van der Waals surface area contributed by atoms with Gasteiger partial charge in [0, 0.05) is 10.4 Å². The average molecular weight is 352 g/mol. The summed E-state index contributed by atoms with van der Waals surface area (Å²) < 4.78 is 1.15. The van der Waals surface area contributed by atoms with Crippen molar-refractivity contribution in [2.24, 2.45) is 0 Å². The molecule has 2 unspecified atom stereocenters. The fourth-order valence-corrected chi connectivity index (χ4v) is 3.65. The Balaban J connectivity index is 2.39. The van der Waals surface area contributed by atoms with Gasteiger partial charge in [-0.15, -0.1) is 11.6 Å². The van der Waals surface area contributed by atoms with Crippen LogP contribution in [-0.4, -0.2) is 0 Å². The molecular formula is C18H20BrCl. The molecule has 0 saturated carbocycles. The maximum Gasteiger partial charge on any atom is 0.0656 e. The number of aryl methyl sites for hydroxylation is 2. The monoisotopic (exact) mass is 350 g/mol. The van der Waals surface area contributed by atoms with Crippen molar-refractivity contribution >= 4 is 27.5 Å². The van der Waals surface area contributed by atoms with Crippen molar-refractivity contribution in [2.45, 2.75) is 38.5 Å². The summed E-state index contributed by atoms with van der Waals surface area (Å²) in [6.45, 7) is 6.45. The van der Waals surface area contributed by atoms with Gasteiger partial charge in [-0.2, -0.15) is 0 Å². The highest BCUT2D eigenvalue weighted by atomic mass is 79.9. The predicted octanol–water partition coefficient (Wildman–Crippen LogP) is 6.54. The zero-order valence-corrected chi connectivity index (χ0v) is 14.5. The highest BCUT2D eigenvalue weighted by molar-refractivity contribution is 9.10. The van der Waals surface area contributed by atoms with E-state index in [0.717, 1.165) is 10.9 Å². The second kappa shape index (κ2) is 6.78. The molecular weight excluding hydrogens is 332 g/mol. The molecule has 0 radical (unpaired) electrons. The van der Waals surface area contributed by atoms with Gasteiger partial charge >= 0.3 is 0 Å². The van der Waals surface area contributed by atoms with Gasteiger partial charge in [0.1, 0.15) is 0 Å². The summed E-state index contributed by atoms with van der Waals surface area (Å²) >= 11 is 10.4. The molecule has 0 amide bonds. The van der Waals surface area contributed by atoms with E-state index in [2.05, 4.69) is 79.2 Å². The first-order valence-electron chi connectivity index (χ1n) is 7.00. The first kappa shape index (κ1) is 15.6. The third-order valence-corrected chi connectivity index (χ3v) is 5.26. The van der Waals surface area contributed by atoms with Gasteiger partial charge in [0.25, 0.3) is 0 Å². The van der Waals surface area contributed by atoms with Crippen LogP contribution in [0, 0.1) is 13.8 Å². The molecule has 20 heavy (non-hydrogen) atoms. The van der Waals surface area contributed by atoms with Crippen LogP contribution in [0.1, 0.15) is 46.9 Å². The van der Waals surface area contributed by atoms with E-state index in [-0.39, 0.29) is 5.38 Å². The van der Waals surface area contributed by atoms with Gasteiger partial charge < -0.3 is 0 Å². The van der Waals surface area contributed by atoms with E-state index in [1.54, 1.807) is 0 Å². The molecule has 0 aromatic heterocycles. The highest BCUT2D eigenvalue weighted by Gasteiger charge is 2.23. The van der Waals surface area contributed by atoms with Crippen LogP contribution in [0.5, 0.6) is 0 Å². The first-order chi connectivity index (χ1) is 9.54. The lowest BCUT2D eigenvalue weighted by Crippen LogP contribution is -2.07. The number of hydrogen-bond acceptors (Lipinski definition) is 0. The lowest BCUT2D eigenvalue weighted by molar-refractivity contribution is 0.638. The molecule has 2 heteroatoms. The smallest absolute Gasteiger partial charge is 0.0656 e. The lowest BCUT2D eigenvalue weighted by atomic mass is 9.87. The first-order valence-corrected chi connectivity index (χ1v) is 8.23. The van der Waals surface area contributed by atoms with E-state index in [1.165, 1.54) is 22.3 Å². The van der Waals surface area contributed by atoms with Gasteiger partial charge in [-0.3, -0.25) is 0 Å². The predicted molar refractivity (Wildman–Crippen MR) is 91.7 cm³/mol. The Labute approximate surface area is 135 Å². The Kier molecular flexibility index (Phi) is 5.29. The second-order valence-electron chi connectivity index (χ2n) is 5.29. The molecule has 2 aromatic carbocycles. The molecule has 0 nitrogen and oxygen atoms in total. The molecule has 0 aliphatic rings. The van der Waals surface area contributed by atoms with E-state index in [4.69, 9.17) is 11.6 Å². The summed E-state index contributed by atoms with van der Waals surface area (Å²) in [6.07, 6.45) is 1.03. The Hall–Kier alpha value is -0.790. The van der Waals surface area contributed by atoms with Crippen LogP contribution in [0.4, 0.5) is 0 Å². The number of rotatable bonds is 4. The Morgan fingerprint density at radius 1 is 1.05 bits per heavy atom. The van der Waals surface area contributed by atoms with Gasteiger partial charge in [0.05, 0.1) is 5.38 Å². The minimum atomic E-state index is 0.00852. The molecule has 2 atom stereocenters. The molecule has 0 N–H and O–H groups in total. The minimum Gasteiger partial charge on any atom is -0.117 e. The molecule has 2 rings (SSSR count). The standard InChI is InChI=1S/C18H20BrCl/c1-4-15(14-8-6-5-7-9-14)18(20)16-10-13(3)17(19)11-12(16)2/h5-11,15,18H,4H2,1-3H3. The van der Waals surface area contributed by atoms with Crippen molar-refractivity contribution in [1.29, 1.82) is 0 Å². The number of hydrogen-bond donors (Lipinski definition) is 0. The van der Waals surface area contributed by atoms with Crippen molar-refractivity contribution < 1.29 is 0 Å². The molecule has 0 aliphatic heterocycles. The summed E-state index contributed by atoms with van der Waals surface area (Å²) in [6, 6.07) is 14.9. The van der Waals surface area contributed by atoms with Crippen LogP contribution in [0.15, 0.2) is 46.9 Å². The zero-order chi connectivity index (χ0) is 14.7. The summed E-state index contributed by atoms with van der Waals surface area (Å²) in [5.74, 6) is 0.345. The van der Waals surface area contributed by atoms with Crippen molar-refractivity contribution in [3.8, 4) is 0 Å². The number of benzene rings is 2. The number of alkyl halides is 1. The summed E-state index contributed by atoms with van der Waals surface area (Å²) in [5, 5.41) is 0.00852. The molecule has 0 bridgehead atoms. The molecule has 0 heterocycles. The topological polar surface area (TPSA) is 0 Å². The van der Waals surface area contributed by atoms with E-state index in [0.29, 0.717) is 5.92 Å². The van der Waals surface area contributed by atoms with Crippen molar-refractivity contribution in [1.82, 2.24) is 0 Å². The fraction of sp³-hybridized carbons (Fsp3) is 0.333. The average Bonchev–Trinajstić information content (AvgIpc) is 2.44. The normalized spacial score (nSPS) is 14.1. The Morgan fingerprint density at radius 2 is 1.70 bits per heavy atom. The van der Waals surface area contributed by atoms with E-state index < -0.39 is 0 Å². The summed E-state index contributed by atoms with van der Waals surface area (Å²) in [5.41, 5.74) is 5.04. The van der Waals surface area contributed by atoms with Crippen molar-refractivity contribution in [3.05, 3.63) is 69.2 Å². The largest absolute Gasteiger partial charge is 0.117 e. The minimum absolute atomic E-state index is 0.00852. The molecule has 0 fully saturated rings. The lowest BCUT2D eigenvalue weighted by Gasteiger charge is -2.24. The number of halogens is 2. The maximum absolute atomic E-state index is 6.82. The SMILES string of the molecule is CCC(c1ccccc1)C(Cl)c1cc(C)c(Br)cc1C. The fourth-order valence-electron chi connectivity index (χ4n) is 2.63. The van der Waals surface area contributed by atoms with Crippen LogP contribution in [-0.2, 0) is 0 Å². The van der Waals surface area contributed by atoms with Gasteiger partial charge in [0.15, 0.2) is 0 Å². The molecule has 2 aromatic rings. The van der Waals surface area contributed by atoms with Gasteiger partial charge in [-0.25, -0.2) is 0 Å². The molecule has 0 spiro atoms. The van der Waals surface area contributed by atoms with Crippen LogP contribution < -0.4 is 0 Å². The van der Waals surface area contributed by atoms with Crippen molar-refractivity contribution in [3.63, 3.8) is 0 Å². The Bertz CT molecular complexity index is 577. The van der Waals surface area contributed by atoms with E-state index in [1.807, 2.05) is 0 Å². The van der Waals surface area contributed by atoms with E-state index >= 15 is 0 Å². The highest BCUT2D eigenvalue weighted by Crippen LogP contribution is 2.40. The van der Waals surface area contributed by atoms with Crippen LogP contribution in [0.3, 0.4) is 0 Å². The van der Waals surface area contributed by atoms with E-state index in [9.17, 15) is 0 Å². The van der Waals surface area contributed by atoms with Crippen LogP contribution in [0.25, 0.3) is 0 Å². The summed E-state index contributed by atoms with van der Waals surface area (Å²) in [7, 11) is 0. The van der Waals surface area contributed by atoms with Crippen molar-refractivity contribution in [2.75, 3.05) is 0 Å².